The Morgan fingerprint density at radius 1 is 1.11 bits per heavy atom. The molecule has 4 heteroatoms. The first-order valence-electron chi connectivity index (χ1n) is 6.12. The molecule has 4 nitrogen and oxygen atoms in total. The van der Waals surface area contributed by atoms with Crippen molar-refractivity contribution in [2.24, 2.45) is 0 Å². The van der Waals surface area contributed by atoms with E-state index >= 15 is 0 Å². The van der Waals surface area contributed by atoms with Crippen LogP contribution in [0.1, 0.15) is 11.1 Å². The van der Waals surface area contributed by atoms with Crippen LogP contribution in [-0.4, -0.2) is 22.8 Å². The van der Waals surface area contributed by atoms with E-state index in [0.29, 0.717) is 18.7 Å². The summed E-state index contributed by atoms with van der Waals surface area (Å²) < 4.78 is 0. The summed E-state index contributed by atoms with van der Waals surface area (Å²) >= 11 is 0. The summed E-state index contributed by atoms with van der Waals surface area (Å²) in [6.07, 6.45) is 3.85. The maximum atomic E-state index is 12.1. The maximum Gasteiger partial charge on any atom is 0.227 e. The predicted octanol–water partition coefficient (Wildman–Crippen LogP) is 1.86. The molecule has 1 heterocycles. The van der Waals surface area contributed by atoms with Gasteiger partial charge in [-0.15, -0.1) is 0 Å². The van der Waals surface area contributed by atoms with E-state index < -0.39 is 0 Å². The molecule has 0 unspecified atom stereocenters. The van der Waals surface area contributed by atoms with E-state index in [1.807, 2.05) is 36.4 Å². The van der Waals surface area contributed by atoms with Crippen LogP contribution in [0.5, 0.6) is 0 Å². The van der Waals surface area contributed by atoms with Crippen LogP contribution in [0, 0.1) is 0 Å². The lowest BCUT2D eigenvalue weighted by atomic mass is 10.1. The fraction of sp³-hybridized carbons (Fsp3) is 0.200. The van der Waals surface area contributed by atoms with Gasteiger partial charge in [-0.1, -0.05) is 12.1 Å². The fourth-order valence-electron chi connectivity index (χ4n) is 1.80. The van der Waals surface area contributed by atoms with Crippen molar-refractivity contribution in [1.82, 2.24) is 9.88 Å². The van der Waals surface area contributed by atoms with Crippen molar-refractivity contribution < 1.29 is 4.79 Å². The van der Waals surface area contributed by atoms with E-state index in [9.17, 15) is 4.79 Å². The van der Waals surface area contributed by atoms with Crippen molar-refractivity contribution >= 4 is 11.6 Å². The minimum absolute atomic E-state index is 0.0848. The zero-order valence-corrected chi connectivity index (χ0v) is 10.9. The molecule has 1 amide bonds. The van der Waals surface area contributed by atoms with Crippen molar-refractivity contribution in [3.63, 3.8) is 0 Å². The third-order valence-electron chi connectivity index (χ3n) is 2.93. The van der Waals surface area contributed by atoms with Gasteiger partial charge in [0.25, 0.3) is 0 Å². The number of aromatic nitrogens is 1. The molecular weight excluding hydrogens is 238 g/mol. The van der Waals surface area contributed by atoms with Crippen LogP contribution in [0.2, 0.25) is 0 Å². The standard InChI is InChI=1S/C15H17N3O/c1-18(11-13-6-8-17-9-7-13)15(19)10-12-2-4-14(16)5-3-12/h2-9H,10-11,16H2,1H3. The lowest BCUT2D eigenvalue weighted by Gasteiger charge is -2.17. The first-order valence-corrected chi connectivity index (χ1v) is 6.12. The highest BCUT2D eigenvalue weighted by atomic mass is 16.2. The summed E-state index contributed by atoms with van der Waals surface area (Å²) in [5, 5.41) is 0. The molecule has 2 N–H and O–H groups in total. The number of hydrogen-bond acceptors (Lipinski definition) is 3. The largest absolute Gasteiger partial charge is 0.399 e. The number of carbonyl (C=O) groups excluding carboxylic acids is 1. The zero-order valence-electron chi connectivity index (χ0n) is 10.9. The average molecular weight is 255 g/mol. The van der Waals surface area contributed by atoms with Gasteiger partial charge in [0, 0.05) is 31.7 Å². The van der Waals surface area contributed by atoms with Gasteiger partial charge in [0.2, 0.25) is 5.91 Å². The number of rotatable bonds is 4. The average Bonchev–Trinajstić information content (AvgIpc) is 2.42. The SMILES string of the molecule is CN(Cc1ccncc1)C(=O)Cc1ccc(N)cc1. The highest BCUT2D eigenvalue weighted by molar-refractivity contribution is 5.78. The maximum absolute atomic E-state index is 12.1. The molecule has 0 radical (unpaired) electrons. The fourth-order valence-corrected chi connectivity index (χ4v) is 1.80. The second-order valence-electron chi connectivity index (χ2n) is 4.52. The van der Waals surface area contributed by atoms with Crippen molar-refractivity contribution in [2.75, 3.05) is 12.8 Å². The topological polar surface area (TPSA) is 59.2 Å². The Bertz CT molecular complexity index is 537. The quantitative estimate of drug-likeness (QED) is 0.848. The number of carbonyl (C=O) groups is 1. The summed E-state index contributed by atoms with van der Waals surface area (Å²) in [6, 6.07) is 11.2. The molecule has 1 aromatic carbocycles. The van der Waals surface area contributed by atoms with Crippen molar-refractivity contribution in [1.29, 1.82) is 0 Å². The molecule has 98 valence electrons. The van der Waals surface area contributed by atoms with Gasteiger partial charge >= 0.3 is 0 Å². The summed E-state index contributed by atoms with van der Waals surface area (Å²) in [4.78, 5) is 17.8. The molecule has 0 spiro atoms. The predicted molar refractivity (Wildman–Crippen MR) is 75.3 cm³/mol. The molecule has 0 aliphatic carbocycles. The highest BCUT2D eigenvalue weighted by Crippen LogP contribution is 2.08. The van der Waals surface area contributed by atoms with Gasteiger partial charge < -0.3 is 10.6 Å². The van der Waals surface area contributed by atoms with Gasteiger partial charge in [-0.25, -0.2) is 0 Å². The molecular formula is C15H17N3O. The number of hydrogen-bond donors (Lipinski definition) is 1. The Hall–Kier alpha value is -2.36. The number of amides is 1. The number of nitrogens with two attached hydrogens (primary N) is 1. The van der Waals surface area contributed by atoms with E-state index in [1.54, 1.807) is 24.3 Å². The third kappa shape index (κ3) is 3.81. The number of anilines is 1. The van der Waals surface area contributed by atoms with E-state index in [1.165, 1.54) is 0 Å². The number of nitrogen functional groups attached to an aromatic ring is 1. The van der Waals surface area contributed by atoms with Gasteiger partial charge in [-0.05, 0) is 35.4 Å². The van der Waals surface area contributed by atoms with Crippen LogP contribution in [0.4, 0.5) is 5.69 Å². The lowest BCUT2D eigenvalue weighted by Crippen LogP contribution is -2.27. The zero-order chi connectivity index (χ0) is 13.7. The van der Waals surface area contributed by atoms with Crippen molar-refractivity contribution in [2.45, 2.75) is 13.0 Å². The molecule has 0 fully saturated rings. The second kappa shape index (κ2) is 6.00. The molecule has 1 aromatic heterocycles. The minimum atomic E-state index is 0.0848. The monoisotopic (exact) mass is 255 g/mol. The number of nitrogens with zero attached hydrogens (tertiary/aromatic N) is 2. The Morgan fingerprint density at radius 2 is 1.74 bits per heavy atom. The lowest BCUT2D eigenvalue weighted by molar-refractivity contribution is -0.129. The number of pyridine rings is 1. The normalized spacial score (nSPS) is 10.2. The molecule has 2 rings (SSSR count). The van der Waals surface area contributed by atoms with Gasteiger partial charge in [0.05, 0.1) is 6.42 Å². The summed E-state index contributed by atoms with van der Waals surface area (Å²) in [5.74, 6) is 0.0848. The van der Waals surface area contributed by atoms with Crippen LogP contribution in [0.25, 0.3) is 0 Å². The van der Waals surface area contributed by atoms with E-state index in [4.69, 9.17) is 5.73 Å². The number of benzene rings is 1. The van der Waals surface area contributed by atoms with Crippen LogP contribution in [0.3, 0.4) is 0 Å². The summed E-state index contributed by atoms with van der Waals surface area (Å²) in [7, 11) is 1.81. The van der Waals surface area contributed by atoms with Crippen LogP contribution in [0.15, 0.2) is 48.8 Å². The minimum Gasteiger partial charge on any atom is -0.399 e. The Kier molecular flexibility index (Phi) is 4.13. The van der Waals surface area contributed by atoms with Crippen molar-refractivity contribution in [3.8, 4) is 0 Å². The van der Waals surface area contributed by atoms with E-state index in [-0.39, 0.29) is 5.91 Å². The Labute approximate surface area is 112 Å². The van der Waals surface area contributed by atoms with Crippen LogP contribution in [-0.2, 0) is 17.8 Å². The van der Waals surface area contributed by atoms with Gasteiger partial charge in [0.15, 0.2) is 0 Å². The molecule has 0 saturated heterocycles. The van der Waals surface area contributed by atoms with Crippen LogP contribution < -0.4 is 5.73 Å². The Morgan fingerprint density at radius 3 is 2.37 bits per heavy atom. The van der Waals surface area contributed by atoms with Crippen LogP contribution >= 0.6 is 0 Å². The molecule has 0 atom stereocenters. The molecule has 0 saturated carbocycles. The molecule has 2 aromatic rings. The molecule has 0 bridgehead atoms. The van der Waals surface area contributed by atoms with Crippen molar-refractivity contribution in [3.05, 3.63) is 59.9 Å². The first kappa shape index (κ1) is 13.1. The molecule has 19 heavy (non-hydrogen) atoms. The smallest absolute Gasteiger partial charge is 0.227 e. The van der Waals surface area contributed by atoms with Gasteiger partial charge in [-0.2, -0.15) is 0 Å². The molecule has 0 aliphatic rings. The summed E-state index contributed by atoms with van der Waals surface area (Å²) in [5.41, 5.74) is 8.37. The van der Waals surface area contributed by atoms with E-state index in [2.05, 4.69) is 4.98 Å². The first-order chi connectivity index (χ1) is 9.15. The van der Waals surface area contributed by atoms with Gasteiger partial charge in [0.1, 0.15) is 0 Å². The van der Waals surface area contributed by atoms with E-state index in [0.717, 1.165) is 11.1 Å². The van der Waals surface area contributed by atoms with Gasteiger partial charge in [-0.3, -0.25) is 9.78 Å². The highest BCUT2D eigenvalue weighted by Gasteiger charge is 2.09. The Balaban J connectivity index is 1.94. The second-order valence-corrected chi connectivity index (χ2v) is 4.52. The third-order valence-corrected chi connectivity index (χ3v) is 2.93. The number of likely N-dealkylation sites (N-methyl/N-ethyl adjacent to an activating group) is 1. The molecule has 0 aliphatic heterocycles. The summed E-state index contributed by atoms with van der Waals surface area (Å²) in [6.45, 7) is 0.594.